The van der Waals surface area contributed by atoms with Crippen molar-refractivity contribution >= 4 is 0 Å². The van der Waals surface area contributed by atoms with E-state index in [1.807, 2.05) is 12.1 Å². The van der Waals surface area contributed by atoms with Gasteiger partial charge in [0.05, 0.1) is 0 Å². The molecular weight excluding hydrogens is 105 g/mol. The summed E-state index contributed by atoms with van der Waals surface area (Å²) in [5.41, 5.74) is 0.688. The smallest absolute Gasteiger partial charge is 1.00 e. The van der Waals surface area contributed by atoms with Gasteiger partial charge in [0.2, 0.25) is 0 Å². The standard InChI is InChI=1S/C7H5N.Li.H/c1-2-7-5-3-4-6-8-7;;/h1,3-6H;;/q;+1;-1. The van der Waals surface area contributed by atoms with E-state index >= 15 is 0 Å². The number of nitrogens with zero attached hydrogens (tertiary/aromatic N) is 1. The third-order valence-corrected chi connectivity index (χ3v) is 0.813. The largest absolute Gasteiger partial charge is 1.00 e. The van der Waals surface area contributed by atoms with E-state index in [9.17, 15) is 0 Å². The van der Waals surface area contributed by atoms with Crippen LogP contribution in [0.3, 0.4) is 0 Å². The maximum atomic E-state index is 5.04. The van der Waals surface area contributed by atoms with E-state index in [1.54, 1.807) is 12.3 Å². The Bertz CT molecular complexity index is 205. The van der Waals surface area contributed by atoms with Gasteiger partial charge in [-0.25, -0.2) is 4.98 Å². The fourth-order valence-corrected chi connectivity index (χ4v) is 0.448. The van der Waals surface area contributed by atoms with E-state index in [-0.39, 0.29) is 20.3 Å². The zero-order valence-electron chi connectivity index (χ0n) is 6.33. The van der Waals surface area contributed by atoms with Gasteiger partial charge in [0, 0.05) is 6.20 Å². The summed E-state index contributed by atoms with van der Waals surface area (Å²) in [6, 6.07) is 5.49. The van der Waals surface area contributed by atoms with Gasteiger partial charge in [0.1, 0.15) is 5.69 Å². The first kappa shape index (κ1) is 8.31. The summed E-state index contributed by atoms with van der Waals surface area (Å²) in [6.07, 6.45) is 6.71. The molecule has 1 rings (SSSR count). The van der Waals surface area contributed by atoms with Crippen LogP contribution in [0.15, 0.2) is 24.4 Å². The molecule has 0 saturated heterocycles. The number of pyridine rings is 1. The van der Waals surface area contributed by atoms with Crippen LogP contribution < -0.4 is 18.9 Å². The molecule has 1 heterocycles. The summed E-state index contributed by atoms with van der Waals surface area (Å²) in [4.78, 5) is 3.86. The number of aromatic nitrogens is 1. The zero-order valence-corrected chi connectivity index (χ0v) is 5.33. The van der Waals surface area contributed by atoms with Gasteiger partial charge in [-0.05, 0) is 12.1 Å². The molecule has 1 nitrogen and oxygen atoms in total. The number of terminal acetylenes is 1. The van der Waals surface area contributed by atoms with E-state index < -0.39 is 0 Å². The Labute approximate surface area is 68.2 Å². The Morgan fingerprint density at radius 3 is 2.67 bits per heavy atom. The zero-order chi connectivity index (χ0) is 5.82. The molecule has 1 aromatic heterocycles. The molecule has 0 bridgehead atoms. The molecule has 0 atom stereocenters. The second kappa shape index (κ2) is 4.21. The van der Waals surface area contributed by atoms with Gasteiger partial charge in [-0.1, -0.05) is 12.0 Å². The third kappa shape index (κ3) is 2.38. The van der Waals surface area contributed by atoms with Crippen molar-refractivity contribution in [3.05, 3.63) is 30.1 Å². The molecule has 0 unspecified atom stereocenters. The van der Waals surface area contributed by atoms with Crippen LogP contribution >= 0.6 is 0 Å². The molecule has 0 spiro atoms. The molecule has 0 aliphatic carbocycles. The van der Waals surface area contributed by atoms with E-state index in [2.05, 4.69) is 10.9 Å². The van der Waals surface area contributed by atoms with Gasteiger partial charge in [-0.15, -0.1) is 6.42 Å². The maximum Gasteiger partial charge on any atom is 1.00 e. The molecule has 9 heavy (non-hydrogen) atoms. The molecule has 1 aromatic rings. The van der Waals surface area contributed by atoms with Crippen molar-refractivity contribution in [1.82, 2.24) is 4.98 Å². The molecular formula is C7H6LiN. The summed E-state index contributed by atoms with van der Waals surface area (Å²) in [6.45, 7) is 0. The molecule has 0 radical (unpaired) electrons. The first-order chi connectivity index (χ1) is 3.93. The van der Waals surface area contributed by atoms with Crippen molar-refractivity contribution in [2.45, 2.75) is 0 Å². The molecule has 0 aliphatic heterocycles. The van der Waals surface area contributed by atoms with Crippen molar-refractivity contribution in [2.75, 3.05) is 0 Å². The van der Waals surface area contributed by atoms with Crippen LogP contribution in [0, 0.1) is 12.3 Å². The first-order valence-electron chi connectivity index (χ1n) is 2.31. The van der Waals surface area contributed by atoms with Gasteiger partial charge >= 0.3 is 18.9 Å². The Kier molecular flexibility index (Phi) is 3.89. The average Bonchev–Trinajstić information content (AvgIpc) is 1.90. The molecule has 0 amide bonds. The van der Waals surface area contributed by atoms with E-state index in [0.717, 1.165) is 0 Å². The number of hydrogen-bond donors (Lipinski definition) is 0. The van der Waals surface area contributed by atoms with Crippen LogP contribution in [0.25, 0.3) is 0 Å². The quantitative estimate of drug-likeness (QED) is 0.284. The van der Waals surface area contributed by atoms with Crippen LogP contribution in [0.5, 0.6) is 0 Å². The normalized spacial score (nSPS) is 7.00. The van der Waals surface area contributed by atoms with Crippen LogP contribution in [0.2, 0.25) is 0 Å². The van der Waals surface area contributed by atoms with Gasteiger partial charge in [-0.3, -0.25) is 0 Å². The predicted octanol–water partition coefficient (Wildman–Crippen LogP) is -1.82. The molecule has 0 aromatic carbocycles. The second-order valence-corrected chi connectivity index (χ2v) is 1.36. The van der Waals surface area contributed by atoms with Crippen molar-refractivity contribution in [3.8, 4) is 12.3 Å². The van der Waals surface area contributed by atoms with Crippen molar-refractivity contribution < 1.29 is 20.3 Å². The van der Waals surface area contributed by atoms with E-state index in [0.29, 0.717) is 5.69 Å². The Morgan fingerprint density at radius 1 is 1.56 bits per heavy atom. The van der Waals surface area contributed by atoms with Crippen molar-refractivity contribution in [2.24, 2.45) is 0 Å². The molecule has 0 aliphatic rings. The summed E-state index contributed by atoms with van der Waals surface area (Å²) >= 11 is 0. The minimum absolute atomic E-state index is 0. The molecule has 0 fully saturated rings. The summed E-state index contributed by atoms with van der Waals surface area (Å²) in [5.74, 6) is 2.42. The van der Waals surface area contributed by atoms with Crippen molar-refractivity contribution in [3.63, 3.8) is 0 Å². The van der Waals surface area contributed by atoms with E-state index in [1.165, 1.54) is 0 Å². The maximum absolute atomic E-state index is 5.04. The number of rotatable bonds is 0. The van der Waals surface area contributed by atoms with Crippen LogP contribution in [0.1, 0.15) is 7.12 Å². The minimum atomic E-state index is 0. The Morgan fingerprint density at radius 2 is 2.33 bits per heavy atom. The second-order valence-electron chi connectivity index (χ2n) is 1.36. The van der Waals surface area contributed by atoms with Crippen molar-refractivity contribution in [1.29, 1.82) is 0 Å². The fourth-order valence-electron chi connectivity index (χ4n) is 0.448. The topological polar surface area (TPSA) is 12.9 Å². The molecule has 40 valence electrons. The first-order valence-corrected chi connectivity index (χ1v) is 2.31. The Balaban J connectivity index is 0. The van der Waals surface area contributed by atoms with Gasteiger partial charge in [-0.2, -0.15) is 0 Å². The SMILES string of the molecule is C#Cc1ccccn1.[H-].[Li+]. The molecule has 0 N–H and O–H groups in total. The van der Waals surface area contributed by atoms with Crippen LogP contribution in [-0.2, 0) is 0 Å². The van der Waals surface area contributed by atoms with Gasteiger partial charge in [0.25, 0.3) is 0 Å². The van der Waals surface area contributed by atoms with Gasteiger partial charge in [0.15, 0.2) is 0 Å². The number of hydrogen-bond acceptors (Lipinski definition) is 1. The predicted molar refractivity (Wildman–Crippen MR) is 33.3 cm³/mol. The summed E-state index contributed by atoms with van der Waals surface area (Å²) in [5, 5.41) is 0. The van der Waals surface area contributed by atoms with Crippen LogP contribution in [-0.4, -0.2) is 4.98 Å². The molecule has 0 saturated carbocycles. The van der Waals surface area contributed by atoms with E-state index in [4.69, 9.17) is 6.42 Å². The third-order valence-electron chi connectivity index (χ3n) is 0.813. The van der Waals surface area contributed by atoms with Gasteiger partial charge < -0.3 is 1.43 Å². The van der Waals surface area contributed by atoms with Crippen LogP contribution in [0.4, 0.5) is 0 Å². The molecule has 2 heteroatoms. The summed E-state index contributed by atoms with van der Waals surface area (Å²) in [7, 11) is 0. The minimum Gasteiger partial charge on any atom is -1.00 e. The Hall–Kier alpha value is -0.693. The monoisotopic (exact) mass is 111 g/mol. The fraction of sp³-hybridized carbons (Fsp3) is 0. The average molecular weight is 111 g/mol. The summed E-state index contributed by atoms with van der Waals surface area (Å²) < 4.78 is 0.